The minimum atomic E-state index is -0.235. The molecule has 0 aromatic carbocycles. The Kier molecular flexibility index (Phi) is 11.2. The van der Waals surface area contributed by atoms with Gasteiger partial charge in [0, 0.05) is 24.2 Å². The number of hydrogen-bond donors (Lipinski definition) is 2. The monoisotopic (exact) mass is 426 g/mol. The summed E-state index contributed by atoms with van der Waals surface area (Å²) in [6.07, 6.45) is 3.21. The molecule has 0 radical (unpaired) electrons. The number of nitrogens with one attached hydrogen (secondary N) is 2. The molecule has 0 spiro atoms. The quantitative estimate of drug-likeness (QED) is 0.302. The summed E-state index contributed by atoms with van der Waals surface area (Å²) in [7, 11) is 1.38. The number of carbonyl (C=O) groups is 1. The van der Waals surface area contributed by atoms with Crippen LogP contribution in [0.15, 0.2) is 11.2 Å². The Bertz CT molecular complexity index is 451. The molecule has 1 rings (SSSR count). The fraction of sp³-hybridized carbons (Fsp3) is 0.615. The van der Waals surface area contributed by atoms with E-state index in [1.165, 1.54) is 12.0 Å². The van der Waals surface area contributed by atoms with E-state index in [-0.39, 0.29) is 29.9 Å². The first-order chi connectivity index (χ1) is 9.69. The molecule has 0 aliphatic heterocycles. The fourth-order valence-electron chi connectivity index (χ4n) is 1.46. The van der Waals surface area contributed by atoms with Crippen LogP contribution in [-0.4, -0.2) is 37.1 Å². The molecule has 0 amide bonds. The number of aliphatic imine (C=N–C) groups is 1. The summed E-state index contributed by atoms with van der Waals surface area (Å²) in [5.74, 6) is 0.450. The number of hydrogen-bond acceptors (Lipinski definition) is 5. The molecule has 6 nitrogen and oxygen atoms in total. The first kappa shape index (κ1) is 20.1. The number of rotatable bonds is 7. The smallest absolute Gasteiger partial charge is 0.307 e. The van der Waals surface area contributed by atoms with E-state index < -0.39 is 0 Å². The van der Waals surface area contributed by atoms with Gasteiger partial charge in [-0.2, -0.15) is 0 Å². The van der Waals surface area contributed by atoms with Gasteiger partial charge in [0.1, 0.15) is 5.01 Å². The third kappa shape index (κ3) is 8.20. The standard InChI is InChI=1S/C13H22N4O2S.HI/c1-4-10-8-16-11(20-10)9-17-13(14-5-2)15-7-6-12(18)19-3;/h8H,4-7,9H2,1-3H3,(H2,14,15,17);1H. The normalized spacial score (nSPS) is 10.7. The second-order valence-electron chi connectivity index (χ2n) is 4.02. The summed E-state index contributed by atoms with van der Waals surface area (Å²) < 4.78 is 4.59. The van der Waals surface area contributed by atoms with E-state index in [9.17, 15) is 4.79 Å². The largest absolute Gasteiger partial charge is 0.469 e. The van der Waals surface area contributed by atoms with Crippen molar-refractivity contribution in [2.75, 3.05) is 20.2 Å². The van der Waals surface area contributed by atoms with Gasteiger partial charge in [-0.25, -0.2) is 9.98 Å². The lowest BCUT2D eigenvalue weighted by Gasteiger charge is -2.10. The fourth-order valence-corrected chi connectivity index (χ4v) is 2.24. The van der Waals surface area contributed by atoms with Crippen molar-refractivity contribution in [2.45, 2.75) is 33.2 Å². The van der Waals surface area contributed by atoms with Crippen molar-refractivity contribution in [3.8, 4) is 0 Å². The van der Waals surface area contributed by atoms with E-state index in [4.69, 9.17) is 0 Å². The first-order valence-electron chi connectivity index (χ1n) is 6.72. The van der Waals surface area contributed by atoms with Crippen molar-refractivity contribution in [1.82, 2.24) is 15.6 Å². The predicted octanol–water partition coefficient (Wildman–Crippen LogP) is 1.94. The predicted molar refractivity (Wildman–Crippen MR) is 96.4 cm³/mol. The highest BCUT2D eigenvalue weighted by Gasteiger charge is 2.03. The summed E-state index contributed by atoms with van der Waals surface area (Å²) in [5, 5.41) is 7.21. The Labute approximate surface area is 146 Å². The van der Waals surface area contributed by atoms with Crippen molar-refractivity contribution in [1.29, 1.82) is 0 Å². The lowest BCUT2D eigenvalue weighted by Crippen LogP contribution is -2.38. The lowest BCUT2D eigenvalue weighted by molar-refractivity contribution is -0.140. The van der Waals surface area contributed by atoms with Crippen LogP contribution in [0.25, 0.3) is 0 Å². The van der Waals surface area contributed by atoms with Crippen molar-refractivity contribution in [2.24, 2.45) is 4.99 Å². The average molecular weight is 426 g/mol. The number of halogens is 1. The number of nitrogens with zero attached hydrogens (tertiary/aromatic N) is 2. The van der Waals surface area contributed by atoms with Crippen molar-refractivity contribution >= 4 is 47.2 Å². The van der Waals surface area contributed by atoms with Gasteiger partial charge < -0.3 is 15.4 Å². The molecule has 1 aromatic heterocycles. The van der Waals surface area contributed by atoms with Crippen molar-refractivity contribution < 1.29 is 9.53 Å². The summed E-state index contributed by atoms with van der Waals surface area (Å²) in [6, 6.07) is 0. The number of ether oxygens (including phenoxy) is 1. The number of aryl methyl sites for hydroxylation is 1. The maximum absolute atomic E-state index is 11.0. The lowest BCUT2D eigenvalue weighted by atomic mass is 10.4. The zero-order valence-electron chi connectivity index (χ0n) is 12.6. The van der Waals surface area contributed by atoms with Crippen LogP contribution in [0.3, 0.4) is 0 Å². The van der Waals surface area contributed by atoms with Gasteiger partial charge in [0.25, 0.3) is 0 Å². The van der Waals surface area contributed by atoms with Crippen LogP contribution in [0.1, 0.15) is 30.2 Å². The number of carbonyl (C=O) groups excluding carboxylic acids is 1. The molecule has 8 heteroatoms. The highest BCUT2D eigenvalue weighted by Crippen LogP contribution is 2.13. The topological polar surface area (TPSA) is 75.6 Å². The van der Waals surface area contributed by atoms with Crippen LogP contribution in [0.4, 0.5) is 0 Å². The van der Waals surface area contributed by atoms with E-state index in [2.05, 4.69) is 32.3 Å². The van der Waals surface area contributed by atoms with Crippen LogP contribution < -0.4 is 10.6 Å². The molecule has 0 bridgehead atoms. The Morgan fingerprint density at radius 2 is 2.19 bits per heavy atom. The third-order valence-electron chi connectivity index (χ3n) is 2.52. The van der Waals surface area contributed by atoms with Gasteiger partial charge in [-0.1, -0.05) is 6.92 Å². The van der Waals surface area contributed by atoms with E-state index >= 15 is 0 Å². The molecule has 1 aromatic rings. The summed E-state index contributed by atoms with van der Waals surface area (Å²) in [4.78, 5) is 21.1. The van der Waals surface area contributed by atoms with Crippen LogP contribution in [0.2, 0.25) is 0 Å². The number of esters is 1. The van der Waals surface area contributed by atoms with Gasteiger partial charge in [0.15, 0.2) is 5.96 Å². The first-order valence-corrected chi connectivity index (χ1v) is 7.53. The molecule has 0 unspecified atom stereocenters. The molecule has 2 N–H and O–H groups in total. The van der Waals surface area contributed by atoms with Gasteiger partial charge in [-0.05, 0) is 13.3 Å². The van der Waals surface area contributed by atoms with Gasteiger partial charge >= 0.3 is 5.97 Å². The zero-order chi connectivity index (χ0) is 14.8. The molecule has 0 atom stereocenters. The van der Waals surface area contributed by atoms with E-state index in [0.29, 0.717) is 25.5 Å². The maximum atomic E-state index is 11.0. The zero-order valence-corrected chi connectivity index (χ0v) is 15.8. The minimum absolute atomic E-state index is 0. The Morgan fingerprint density at radius 1 is 1.43 bits per heavy atom. The van der Waals surface area contributed by atoms with E-state index in [0.717, 1.165) is 18.0 Å². The maximum Gasteiger partial charge on any atom is 0.307 e. The number of thiazole rings is 1. The third-order valence-corrected chi connectivity index (χ3v) is 3.64. The summed E-state index contributed by atoms with van der Waals surface area (Å²) in [6.45, 7) is 5.91. The molecule has 0 fully saturated rings. The highest BCUT2D eigenvalue weighted by molar-refractivity contribution is 14.0. The van der Waals surface area contributed by atoms with E-state index in [1.54, 1.807) is 11.3 Å². The Hall–Kier alpha value is -0.900. The molecule has 0 aliphatic rings. The molecular weight excluding hydrogens is 403 g/mol. The van der Waals surface area contributed by atoms with Crippen molar-refractivity contribution in [3.05, 3.63) is 16.1 Å². The Morgan fingerprint density at radius 3 is 2.76 bits per heavy atom. The van der Waals surface area contributed by atoms with Gasteiger partial charge in [-0.3, -0.25) is 4.79 Å². The van der Waals surface area contributed by atoms with Gasteiger partial charge in [0.2, 0.25) is 0 Å². The van der Waals surface area contributed by atoms with Crippen LogP contribution in [0.5, 0.6) is 0 Å². The van der Waals surface area contributed by atoms with Crippen molar-refractivity contribution in [3.63, 3.8) is 0 Å². The molecule has 21 heavy (non-hydrogen) atoms. The molecular formula is C13H23IN4O2S. The number of guanidine groups is 1. The average Bonchev–Trinajstić information content (AvgIpc) is 2.92. The van der Waals surface area contributed by atoms with Gasteiger partial charge in [-0.15, -0.1) is 35.3 Å². The van der Waals surface area contributed by atoms with Gasteiger partial charge in [0.05, 0.1) is 20.1 Å². The van der Waals surface area contributed by atoms with Crippen LogP contribution >= 0.6 is 35.3 Å². The SMILES string of the molecule is CCNC(=NCc1ncc(CC)s1)NCCC(=O)OC.I. The molecule has 1 heterocycles. The second-order valence-corrected chi connectivity index (χ2v) is 5.22. The summed E-state index contributed by atoms with van der Waals surface area (Å²) >= 11 is 1.68. The van der Waals surface area contributed by atoms with Crippen LogP contribution in [0, 0.1) is 0 Å². The van der Waals surface area contributed by atoms with E-state index in [1.807, 2.05) is 13.1 Å². The second kappa shape index (κ2) is 11.7. The number of aromatic nitrogens is 1. The Balaban J connectivity index is 0.00000400. The number of methoxy groups -OCH3 is 1. The summed E-state index contributed by atoms with van der Waals surface area (Å²) in [5.41, 5.74) is 0. The molecule has 0 saturated carbocycles. The molecule has 0 saturated heterocycles. The molecule has 120 valence electrons. The molecule has 0 aliphatic carbocycles. The highest BCUT2D eigenvalue weighted by atomic mass is 127. The minimum Gasteiger partial charge on any atom is -0.469 e. The van der Waals surface area contributed by atoms with Crippen LogP contribution in [-0.2, 0) is 22.5 Å².